The zero-order valence-corrected chi connectivity index (χ0v) is 16.6. The number of rotatable bonds is 4. The van der Waals surface area contributed by atoms with E-state index in [1.807, 2.05) is 30.3 Å². The molecule has 1 saturated heterocycles. The SMILES string of the molecule is N#Cc1c(-c2ccc(Oc3ccccc3)cc2)nn(C2COCCN(C(=O)O)C2)c1N. The predicted molar refractivity (Wildman–Crippen MR) is 113 cm³/mol. The molecule has 2 aromatic carbocycles. The van der Waals surface area contributed by atoms with Crippen LogP contribution in [-0.2, 0) is 4.74 Å². The third-order valence-corrected chi connectivity index (χ3v) is 5.03. The summed E-state index contributed by atoms with van der Waals surface area (Å²) in [5.41, 5.74) is 7.59. The van der Waals surface area contributed by atoms with Crippen LogP contribution in [0.1, 0.15) is 11.6 Å². The van der Waals surface area contributed by atoms with Gasteiger partial charge in [-0.25, -0.2) is 9.48 Å². The number of benzene rings is 2. The molecule has 0 radical (unpaired) electrons. The number of hydrogen-bond acceptors (Lipinski definition) is 6. The smallest absolute Gasteiger partial charge is 0.407 e. The van der Waals surface area contributed by atoms with Gasteiger partial charge in [0.2, 0.25) is 0 Å². The second-order valence-corrected chi connectivity index (χ2v) is 7.06. The van der Waals surface area contributed by atoms with E-state index in [9.17, 15) is 15.2 Å². The average Bonchev–Trinajstić information content (AvgIpc) is 2.95. The predicted octanol–water partition coefficient (Wildman–Crippen LogP) is 3.35. The number of carboxylic acid groups (broad SMARTS) is 1. The van der Waals surface area contributed by atoms with Gasteiger partial charge in [-0.15, -0.1) is 0 Å². The van der Waals surface area contributed by atoms with Crippen molar-refractivity contribution >= 4 is 11.9 Å². The summed E-state index contributed by atoms with van der Waals surface area (Å²) in [5, 5.41) is 23.6. The van der Waals surface area contributed by atoms with Gasteiger partial charge in [0.05, 0.1) is 19.3 Å². The van der Waals surface area contributed by atoms with Gasteiger partial charge < -0.3 is 25.2 Å². The van der Waals surface area contributed by atoms with Crippen molar-refractivity contribution in [3.05, 3.63) is 60.2 Å². The molecule has 0 spiro atoms. The molecule has 2 heterocycles. The lowest BCUT2D eigenvalue weighted by molar-refractivity contribution is 0.119. The first-order chi connectivity index (χ1) is 15.1. The maximum absolute atomic E-state index is 11.4. The lowest BCUT2D eigenvalue weighted by Gasteiger charge is -2.21. The van der Waals surface area contributed by atoms with Gasteiger partial charge >= 0.3 is 6.09 Å². The summed E-state index contributed by atoms with van der Waals surface area (Å²) in [5.74, 6) is 1.55. The minimum atomic E-state index is -1.03. The minimum absolute atomic E-state index is 0.176. The van der Waals surface area contributed by atoms with Crippen LogP contribution in [0.15, 0.2) is 54.6 Å². The van der Waals surface area contributed by atoms with Crippen molar-refractivity contribution in [2.45, 2.75) is 6.04 Å². The lowest BCUT2D eigenvalue weighted by atomic mass is 10.1. The fourth-order valence-corrected chi connectivity index (χ4v) is 3.46. The highest BCUT2D eigenvalue weighted by Gasteiger charge is 2.28. The number of nitrogen functional groups attached to an aromatic ring is 1. The summed E-state index contributed by atoms with van der Waals surface area (Å²) >= 11 is 0. The summed E-state index contributed by atoms with van der Waals surface area (Å²) in [7, 11) is 0. The van der Waals surface area contributed by atoms with Crippen molar-refractivity contribution in [3.8, 4) is 28.8 Å². The molecule has 9 nitrogen and oxygen atoms in total. The number of aromatic nitrogens is 2. The van der Waals surface area contributed by atoms with E-state index in [1.54, 1.807) is 24.3 Å². The van der Waals surface area contributed by atoms with Gasteiger partial charge in [0.15, 0.2) is 0 Å². The standard InChI is InChI=1S/C22H21N5O4/c23-12-19-20(15-6-8-18(9-7-15)31-17-4-2-1-3-5-17)25-27(21(19)24)16-13-26(22(28)29)10-11-30-14-16/h1-9,16H,10-11,13-14,24H2,(H,28,29). The Morgan fingerprint density at radius 1 is 1.19 bits per heavy atom. The van der Waals surface area contributed by atoms with Gasteiger partial charge in [-0.1, -0.05) is 18.2 Å². The first-order valence-electron chi connectivity index (χ1n) is 9.74. The third-order valence-electron chi connectivity index (χ3n) is 5.03. The van der Waals surface area contributed by atoms with Gasteiger partial charge in [-0.3, -0.25) is 0 Å². The topological polar surface area (TPSA) is 127 Å². The van der Waals surface area contributed by atoms with E-state index in [2.05, 4.69) is 11.2 Å². The van der Waals surface area contributed by atoms with Gasteiger partial charge in [0, 0.05) is 18.7 Å². The molecule has 1 unspecified atom stereocenters. The summed E-state index contributed by atoms with van der Waals surface area (Å²) in [6.45, 7) is 0.998. The molecule has 158 valence electrons. The van der Waals surface area contributed by atoms with Crippen molar-refractivity contribution in [2.75, 3.05) is 32.0 Å². The molecular formula is C22H21N5O4. The molecule has 1 amide bonds. The Kier molecular flexibility index (Phi) is 5.73. The van der Waals surface area contributed by atoms with Crippen molar-refractivity contribution in [3.63, 3.8) is 0 Å². The molecule has 0 aliphatic carbocycles. The zero-order valence-electron chi connectivity index (χ0n) is 16.6. The quantitative estimate of drug-likeness (QED) is 0.664. The van der Waals surface area contributed by atoms with Crippen LogP contribution in [0.2, 0.25) is 0 Å². The molecule has 31 heavy (non-hydrogen) atoms. The molecule has 0 bridgehead atoms. The number of nitriles is 1. The average molecular weight is 419 g/mol. The van der Waals surface area contributed by atoms with Gasteiger partial charge in [0.25, 0.3) is 0 Å². The first-order valence-corrected chi connectivity index (χ1v) is 9.74. The van der Waals surface area contributed by atoms with Crippen LogP contribution >= 0.6 is 0 Å². The Labute approximate surface area is 178 Å². The van der Waals surface area contributed by atoms with Gasteiger partial charge in [0.1, 0.15) is 34.6 Å². The van der Waals surface area contributed by atoms with Crippen LogP contribution in [0, 0.1) is 11.3 Å². The molecule has 1 aliphatic rings. The maximum atomic E-state index is 11.4. The Balaban J connectivity index is 1.62. The highest BCUT2D eigenvalue weighted by Crippen LogP contribution is 2.31. The second kappa shape index (κ2) is 8.77. The highest BCUT2D eigenvalue weighted by atomic mass is 16.5. The van der Waals surface area contributed by atoms with Crippen LogP contribution in [0.25, 0.3) is 11.3 Å². The van der Waals surface area contributed by atoms with E-state index in [4.69, 9.17) is 15.2 Å². The second-order valence-electron chi connectivity index (χ2n) is 7.06. The normalized spacial score (nSPS) is 16.4. The fourth-order valence-electron chi connectivity index (χ4n) is 3.46. The molecule has 1 fully saturated rings. The number of amides is 1. The van der Waals surface area contributed by atoms with Crippen molar-refractivity contribution in [1.82, 2.24) is 14.7 Å². The molecule has 1 aliphatic heterocycles. The molecule has 3 N–H and O–H groups in total. The van der Waals surface area contributed by atoms with E-state index in [0.29, 0.717) is 23.6 Å². The number of hydrogen-bond donors (Lipinski definition) is 2. The summed E-state index contributed by atoms with van der Waals surface area (Å²) < 4.78 is 12.8. The highest BCUT2D eigenvalue weighted by molar-refractivity contribution is 5.73. The largest absolute Gasteiger partial charge is 0.465 e. The number of para-hydroxylation sites is 1. The van der Waals surface area contributed by atoms with Crippen molar-refractivity contribution < 1.29 is 19.4 Å². The zero-order chi connectivity index (χ0) is 21.8. The van der Waals surface area contributed by atoms with E-state index >= 15 is 0 Å². The van der Waals surface area contributed by atoms with Crippen LogP contribution in [0.4, 0.5) is 10.6 Å². The first kappa shape index (κ1) is 20.3. The van der Waals surface area contributed by atoms with Gasteiger partial charge in [-0.2, -0.15) is 10.4 Å². The number of carbonyl (C=O) groups is 1. The Morgan fingerprint density at radius 3 is 2.58 bits per heavy atom. The Hall–Kier alpha value is -4.03. The Morgan fingerprint density at radius 2 is 1.90 bits per heavy atom. The van der Waals surface area contributed by atoms with E-state index in [0.717, 1.165) is 5.75 Å². The van der Waals surface area contributed by atoms with Crippen LogP contribution in [-0.4, -0.2) is 52.2 Å². The maximum Gasteiger partial charge on any atom is 0.407 e. The molecule has 0 saturated carbocycles. The van der Waals surface area contributed by atoms with Crippen molar-refractivity contribution in [1.29, 1.82) is 5.26 Å². The van der Waals surface area contributed by atoms with Crippen molar-refractivity contribution in [2.24, 2.45) is 0 Å². The van der Waals surface area contributed by atoms with Crippen LogP contribution < -0.4 is 10.5 Å². The lowest BCUT2D eigenvalue weighted by Crippen LogP contribution is -2.36. The molecule has 1 atom stereocenters. The van der Waals surface area contributed by atoms with Gasteiger partial charge in [-0.05, 0) is 36.4 Å². The number of nitrogens with two attached hydrogens (primary N) is 1. The number of anilines is 1. The van der Waals surface area contributed by atoms with E-state index in [1.165, 1.54) is 9.58 Å². The molecule has 9 heteroatoms. The Bertz CT molecular complexity index is 1110. The minimum Gasteiger partial charge on any atom is -0.465 e. The third kappa shape index (κ3) is 4.29. The molecule has 4 rings (SSSR count). The summed E-state index contributed by atoms with van der Waals surface area (Å²) in [4.78, 5) is 12.7. The summed E-state index contributed by atoms with van der Waals surface area (Å²) in [6.07, 6.45) is -1.03. The molecule has 1 aromatic heterocycles. The van der Waals surface area contributed by atoms with Crippen LogP contribution in [0.5, 0.6) is 11.5 Å². The molecular weight excluding hydrogens is 398 g/mol. The number of nitrogens with zero attached hydrogens (tertiary/aromatic N) is 4. The summed E-state index contributed by atoms with van der Waals surface area (Å²) in [6, 6.07) is 18.3. The fraction of sp³-hybridized carbons (Fsp3) is 0.227. The molecule has 3 aromatic rings. The monoisotopic (exact) mass is 419 g/mol. The van der Waals surface area contributed by atoms with Crippen LogP contribution in [0.3, 0.4) is 0 Å². The number of ether oxygens (including phenoxy) is 2. The van der Waals surface area contributed by atoms with E-state index in [-0.39, 0.29) is 31.1 Å². The van der Waals surface area contributed by atoms with E-state index < -0.39 is 12.1 Å².